The second kappa shape index (κ2) is 9.70. The third kappa shape index (κ3) is 14.1. The van der Waals surface area contributed by atoms with E-state index in [2.05, 4.69) is 39.9 Å². The van der Waals surface area contributed by atoms with Crippen molar-refractivity contribution in [1.82, 2.24) is 5.32 Å². The number of methoxy groups -OCH3 is 1. The van der Waals surface area contributed by atoms with E-state index in [1.54, 1.807) is 7.11 Å². The van der Waals surface area contributed by atoms with E-state index in [-0.39, 0.29) is 11.0 Å². The van der Waals surface area contributed by atoms with Crippen molar-refractivity contribution in [3.05, 3.63) is 0 Å². The van der Waals surface area contributed by atoms with Gasteiger partial charge in [0.15, 0.2) is 0 Å². The normalized spacial score (nSPS) is 12.9. The summed E-state index contributed by atoms with van der Waals surface area (Å²) < 4.78 is 15.8. The lowest BCUT2D eigenvalue weighted by Gasteiger charge is -2.30. The Labute approximate surface area is 119 Å². The predicted octanol–water partition coefficient (Wildman–Crippen LogP) is 2.47. The Morgan fingerprint density at radius 2 is 1.32 bits per heavy atom. The predicted molar refractivity (Wildman–Crippen MR) is 79.7 cm³/mol. The van der Waals surface area contributed by atoms with Crippen molar-refractivity contribution < 1.29 is 14.2 Å². The molecule has 0 aliphatic carbocycles. The molecule has 0 radical (unpaired) electrons. The lowest BCUT2D eigenvalue weighted by Crippen LogP contribution is -2.42. The summed E-state index contributed by atoms with van der Waals surface area (Å²) in [5.74, 6) is 0. The first kappa shape index (κ1) is 18.8. The highest BCUT2D eigenvalue weighted by Gasteiger charge is 2.20. The monoisotopic (exact) mass is 275 g/mol. The molecule has 0 unspecified atom stereocenters. The van der Waals surface area contributed by atoms with Crippen LogP contribution < -0.4 is 5.32 Å². The number of hydrogen-bond donors (Lipinski definition) is 1. The lowest BCUT2D eigenvalue weighted by molar-refractivity contribution is 0.0182. The molecule has 0 spiro atoms. The molecule has 116 valence electrons. The average Bonchev–Trinajstić information content (AvgIpc) is 2.29. The van der Waals surface area contributed by atoms with Crippen LogP contribution in [0.15, 0.2) is 0 Å². The first-order valence-electron chi connectivity index (χ1n) is 7.16. The molecule has 0 fully saturated rings. The molecule has 0 saturated carbocycles. The summed E-state index contributed by atoms with van der Waals surface area (Å²) >= 11 is 0. The van der Waals surface area contributed by atoms with Crippen LogP contribution in [-0.2, 0) is 14.2 Å². The zero-order chi connectivity index (χ0) is 14.8. The lowest BCUT2D eigenvalue weighted by atomic mass is 9.88. The van der Waals surface area contributed by atoms with Gasteiger partial charge in [0.25, 0.3) is 0 Å². The Kier molecular flexibility index (Phi) is 9.62. The minimum absolute atomic E-state index is 0.174. The van der Waals surface area contributed by atoms with Crippen molar-refractivity contribution in [3.63, 3.8) is 0 Å². The number of ether oxygens (including phenoxy) is 3. The fraction of sp³-hybridized carbons (Fsp3) is 1.00. The molecule has 0 saturated heterocycles. The maximum Gasteiger partial charge on any atom is 0.0701 e. The first-order chi connectivity index (χ1) is 8.77. The van der Waals surface area contributed by atoms with Gasteiger partial charge in [0, 0.05) is 25.8 Å². The average molecular weight is 275 g/mol. The van der Waals surface area contributed by atoms with Gasteiger partial charge in [-0.2, -0.15) is 0 Å². The molecule has 0 amide bonds. The molecule has 0 aliphatic heterocycles. The molecule has 19 heavy (non-hydrogen) atoms. The van der Waals surface area contributed by atoms with Crippen LogP contribution in [0.4, 0.5) is 0 Å². The molecule has 0 aromatic heterocycles. The summed E-state index contributed by atoms with van der Waals surface area (Å²) in [4.78, 5) is 0. The Bertz CT molecular complexity index is 212. The van der Waals surface area contributed by atoms with E-state index in [0.717, 1.165) is 19.6 Å². The van der Waals surface area contributed by atoms with Crippen LogP contribution in [0.5, 0.6) is 0 Å². The zero-order valence-corrected chi connectivity index (χ0v) is 13.7. The van der Waals surface area contributed by atoms with Crippen LogP contribution in [0.2, 0.25) is 0 Å². The summed E-state index contributed by atoms with van der Waals surface area (Å²) in [5, 5.41) is 3.54. The van der Waals surface area contributed by atoms with Gasteiger partial charge in [0.05, 0.1) is 26.4 Å². The largest absolute Gasteiger partial charge is 0.382 e. The van der Waals surface area contributed by atoms with Crippen molar-refractivity contribution >= 4 is 0 Å². The Morgan fingerprint density at radius 1 is 0.789 bits per heavy atom. The summed E-state index contributed by atoms with van der Waals surface area (Å²) in [7, 11) is 1.67. The van der Waals surface area contributed by atoms with Gasteiger partial charge in [-0.15, -0.1) is 0 Å². The van der Waals surface area contributed by atoms with Gasteiger partial charge < -0.3 is 19.5 Å². The molecule has 4 nitrogen and oxygen atoms in total. The van der Waals surface area contributed by atoms with E-state index in [9.17, 15) is 0 Å². The number of rotatable bonds is 11. The van der Waals surface area contributed by atoms with E-state index in [1.165, 1.54) is 0 Å². The van der Waals surface area contributed by atoms with Crippen molar-refractivity contribution in [2.75, 3.05) is 46.7 Å². The fourth-order valence-electron chi connectivity index (χ4n) is 1.41. The quantitative estimate of drug-likeness (QED) is 0.588. The fourth-order valence-corrected chi connectivity index (χ4v) is 1.41. The maximum absolute atomic E-state index is 5.59. The molecular weight excluding hydrogens is 242 g/mol. The molecule has 0 atom stereocenters. The number of hydrogen-bond acceptors (Lipinski definition) is 4. The van der Waals surface area contributed by atoms with Crippen LogP contribution in [0.1, 0.15) is 41.0 Å². The molecule has 0 aromatic rings. The van der Waals surface area contributed by atoms with Crippen LogP contribution in [-0.4, -0.2) is 52.2 Å². The second-order valence-corrected chi connectivity index (χ2v) is 6.74. The summed E-state index contributed by atoms with van der Waals surface area (Å²) in [5.41, 5.74) is 0.428. The van der Waals surface area contributed by atoms with Crippen molar-refractivity contribution in [3.8, 4) is 0 Å². The van der Waals surface area contributed by atoms with Gasteiger partial charge in [0.2, 0.25) is 0 Å². The van der Waals surface area contributed by atoms with Crippen molar-refractivity contribution in [2.24, 2.45) is 5.41 Å². The topological polar surface area (TPSA) is 39.7 Å². The summed E-state index contributed by atoms with van der Waals surface area (Å²) in [6.07, 6.45) is 1.05. The Morgan fingerprint density at radius 3 is 1.84 bits per heavy atom. The zero-order valence-electron chi connectivity index (χ0n) is 13.7. The van der Waals surface area contributed by atoms with Crippen molar-refractivity contribution in [1.29, 1.82) is 0 Å². The smallest absolute Gasteiger partial charge is 0.0701 e. The minimum atomic E-state index is 0.174. The number of nitrogens with one attached hydrogen (secondary N) is 1. The van der Waals surface area contributed by atoms with Gasteiger partial charge in [-0.1, -0.05) is 13.8 Å². The van der Waals surface area contributed by atoms with Gasteiger partial charge in [-0.25, -0.2) is 0 Å². The molecule has 0 heterocycles. The van der Waals surface area contributed by atoms with E-state index in [0.29, 0.717) is 26.4 Å². The molecule has 0 aliphatic rings. The third-order valence-corrected chi connectivity index (χ3v) is 2.82. The van der Waals surface area contributed by atoms with E-state index in [1.807, 2.05) is 0 Å². The Hall–Kier alpha value is -0.160. The molecule has 1 N–H and O–H groups in total. The van der Waals surface area contributed by atoms with Crippen LogP contribution in [0.3, 0.4) is 0 Å². The van der Waals surface area contributed by atoms with E-state index < -0.39 is 0 Å². The van der Waals surface area contributed by atoms with Gasteiger partial charge in [-0.3, -0.25) is 0 Å². The molecular formula is C15H33NO3. The SMILES string of the molecule is COCCOCCOCCC(C)(C)CNC(C)(C)C. The maximum atomic E-state index is 5.59. The van der Waals surface area contributed by atoms with E-state index >= 15 is 0 Å². The molecule has 0 aromatic carbocycles. The minimum Gasteiger partial charge on any atom is -0.382 e. The van der Waals surface area contributed by atoms with Crippen molar-refractivity contribution in [2.45, 2.75) is 46.6 Å². The summed E-state index contributed by atoms with van der Waals surface area (Å²) in [6.45, 7) is 15.5. The Balaban J connectivity index is 3.48. The highest BCUT2D eigenvalue weighted by molar-refractivity contribution is 4.77. The molecule has 0 bridgehead atoms. The van der Waals surface area contributed by atoms with E-state index in [4.69, 9.17) is 14.2 Å². The van der Waals surface area contributed by atoms with Crippen LogP contribution in [0, 0.1) is 5.41 Å². The molecule has 0 rings (SSSR count). The van der Waals surface area contributed by atoms with Gasteiger partial charge in [0.1, 0.15) is 0 Å². The van der Waals surface area contributed by atoms with Crippen LogP contribution in [0.25, 0.3) is 0 Å². The second-order valence-electron chi connectivity index (χ2n) is 6.74. The highest BCUT2D eigenvalue weighted by Crippen LogP contribution is 2.20. The summed E-state index contributed by atoms with van der Waals surface area (Å²) in [6, 6.07) is 0. The van der Waals surface area contributed by atoms with Crippen LogP contribution >= 0.6 is 0 Å². The van der Waals surface area contributed by atoms with Gasteiger partial charge in [-0.05, 0) is 32.6 Å². The van der Waals surface area contributed by atoms with Gasteiger partial charge >= 0.3 is 0 Å². The first-order valence-corrected chi connectivity index (χ1v) is 7.16. The third-order valence-electron chi connectivity index (χ3n) is 2.82. The standard InChI is InChI=1S/C15H33NO3/c1-14(2,3)16-13-15(4,5)7-8-18-11-12-19-10-9-17-6/h16H,7-13H2,1-6H3. The highest BCUT2D eigenvalue weighted by atomic mass is 16.5. The molecule has 4 heteroatoms.